The van der Waals surface area contributed by atoms with Crippen LogP contribution in [0.5, 0.6) is 0 Å². The highest BCUT2D eigenvalue weighted by atomic mass is 15.0. The van der Waals surface area contributed by atoms with Crippen LogP contribution in [0.15, 0.2) is 0 Å². The summed E-state index contributed by atoms with van der Waals surface area (Å²) in [5.41, 5.74) is 9.00. The number of hydrogen-bond acceptors (Lipinski definition) is 2. The molecule has 3 N–H and O–H groups in total. The molecule has 3 heteroatoms. The van der Waals surface area contributed by atoms with Crippen LogP contribution in [0.4, 0.5) is 0 Å². The van der Waals surface area contributed by atoms with Crippen LogP contribution in [0, 0.1) is 5.92 Å². The van der Waals surface area contributed by atoms with E-state index in [1.807, 2.05) is 0 Å². The van der Waals surface area contributed by atoms with Crippen molar-refractivity contribution in [3.05, 3.63) is 17.2 Å². The maximum atomic E-state index is 6.63. The quantitative estimate of drug-likeness (QED) is 0.844. The summed E-state index contributed by atoms with van der Waals surface area (Å²) in [5, 5.41) is 0. The lowest BCUT2D eigenvalue weighted by molar-refractivity contribution is 0.215. The predicted molar refractivity (Wildman–Crippen MR) is 73.3 cm³/mol. The largest absolute Gasteiger partial charge is 0.344 e. The first kappa shape index (κ1) is 12.2. The lowest BCUT2D eigenvalue weighted by atomic mass is 9.76. The van der Waals surface area contributed by atoms with Gasteiger partial charge in [0.2, 0.25) is 0 Å². The van der Waals surface area contributed by atoms with E-state index in [1.165, 1.54) is 56.3 Å². The van der Waals surface area contributed by atoms with E-state index in [1.54, 1.807) is 0 Å². The molecule has 1 aromatic heterocycles. The van der Waals surface area contributed by atoms with E-state index in [4.69, 9.17) is 10.7 Å². The van der Waals surface area contributed by atoms with Crippen LogP contribution in [-0.2, 0) is 18.4 Å². The number of H-pyrrole nitrogens is 1. The van der Waals surface area contributed by atoms with Gasteiger partial charge in [-0.25, -0.2) is 4.98 Å². The van der Waals surface area contributed by atoms with Crippen LogP contribution in [-0.4, -0.2) is 9.97 Å². The Labute approximate surface area is 110 Å². The molecule has 1 fully saturated rings. The Kier molecular flexibility index (Phi) is 3.18. The zero-order valence-corrected chi connectivity index (χ0v) is 11.5. The zero-order chi connectivity index (χ0) is 12.6. The number of aromatic nitrogens is 2. The molecule has 2 aliphatic rings. The number of rotatable bonds is 2. The number of aryl methyl sites for hydroxylation is 2. The first-order valence-corrected chi connectivity index (χ1v) is 7.55. The lowest BCUT2D eigenvalue weighted by Crippen LogP contribution is -2.43. The number of hydrogen-bond donors (Lipinski definition) is 2. The van der Waals surface area contributed by atoms with Crippen LogP contribution >= 0.6 is 0 Å². The van der Waals surface area contributed by atoms with Crippen LogP contribution in [0.3, 0.4) is 0 Å². The third kappa shape index (κ3) is 2.09. The van der Waals surface area contributed by atoms with Gasteiger partial charge in [-0.3, -0.25) is 0 Å². The van der Waals surface area contributed by atoms with Crippen molar-refractivity contribution in [2.24, 2.45) is 11.7 Å². The molecule has 0 aromatic carbocycles. The van der Waals surface area contributed by atoms with Gasteiger partial charge in [-0.1, -0.05) is 19.3 Å². The fraction of sp³-hybridized carbons (Fsp3) is 0.800. The average Bonchev–Trinajstić information content (AvgIpc) is 2.84. The van der Waals surface area contributed by atoms with E-state index in [0.717, 1.165) is 18.7 Å². The zero-order valence-electron chi connectivity index (χ0n) is 11.5. The van der Waals surface area contributed by atoms with Gasteiger partial charge in [0, 0.05) is 5.69 Å². The fourth-order valence-electron chi connectivity index (χ4n) is 3.60. The second-order valence-corrected chi connectivity index (χ2v) is 6.34. The molecule has 1 saturated carbocycles. The van der Waals surface area contributed by atoms with Gasteiger partial charge in [-0.2, -0.15) is 0 Å². The number of aromatic amines is 1. The van der Waals surface area contributed by atoms with Crippen LogP contribution < -0.4 is 5.73 Å². The highest BCUT2D eigenvalue weighted by Gasteiger charge is 2.36. The summed E-state index contributed by atoms with van der Waals surface area (Å²) < 4.78 is 0. The summed E-state index contributed by atoms with van der Waals surface area (Å²) in [6.45, 7) is 2.17. The molecule has 18 heavy (non-hydrogen) atoms. The molecule has 100 valence electrons. The van der Waals surface area contributed by atoms with Gasteiger partial charge in [0.1, 0.15) is 5.82 Å². The van der Waals surface area contributed by atoms with Crippen molar-refractivity contribution < 1.29 is 0 Å². The molecular formula is C15H25N3. The topological polar surface area (TPSA) is 54.7 Å². The van der Waals surface area contributed by atoms with Crippen LogP contribution in [0.25, 0.3) is 0 Å². The number of nitrogens with zero attached hydrogens (tertiary/aromatic N) is 1. The molecule has 0 radical (unpaired) electrons. The molecule has 0 aliphatic heterocycles. The first-order chi connectivity index (χ1) is 8.68. The molecule has 0 bridgehead atoms. The van der Waals surface area contributed by atoms with Crippen LogP contribution in [0.2, 0.25) is 0 Å². The van der Waals surface area contributed by atoms with Gasteiger partial charge < -0.3 is 10.7 Å². The van der Waals surface area contributed by atoms with E-state index < -0.39 is 0 Å². The summed E-state index contributed by atoms with van der Waals surface area (Å²) in [7, 11) is 0. The first-order valence-electron chi connectivity index (χ1n) is 7.55. The van der Waals surface area contributed by atoms with E-state index in [0.29, 0.717) is 5.92 Å². The molecular weight excluding hydrogens is 222 g/mol. The number of nitrogens with two attached hydrogens (primary N) is 1. The van der Waals surface area contributed by atoms with Crippen molar-refractivity contribution in [3.63, 3.8) is 0 Å². The minimum absolute atomic E-state index is 0.266. The van der Waals surface area contributed by atoms with Gasteiger partial charge in [0.25, 0.3) is 0 Å². The van der Waals surface area contributed by atoms with Gasteiger partial charge in [0.15, 0.2) is 0 Å². The van der Waals surface area contributed by atoms with E-state index in [9.17, 15) is 0 Å². The third-order valence-electron chi connectivity index (χ3n) is 4.92. The standard InChI is InChI=1S/C15H25N3/c1-15(16,11-7-3-2-4-8-11)14-17-12-9-5-6-10-13(12)18-14/h11H,2-10,16H2,1H3,(H,17,18). The summed E-state index contributed by atoms with van der Waals surface area (Å²) in [4.78, 5) is 8.35. The number of nitrogens with one attached hydrogen (secondary N) is 1. The van der Waals surface area contributed by atoms with Crippen molar-refractivity contribution in [3.8, 4) is 0 Å². The molecule has 0 amide bonds. The Morgan fingerprint density at radius 2 is 1.83 bits per heavy atom. The second-order valence-electron chi connectivity index (χ2n) is 6.34. The number of imidazole rings is 1. The third-order valence-corrected chi connectivity index (χ3v) is 4.92. The Balaban J connectivity index is 1.85. The Bertz CT molecular complexity index is 390. The average molecular weight is 247 g/mol. The molecule has 0 saturated heterocycles. The lowest BCUT2D eigenvalue weighted by Gasteiger charge is -2.35. The van der Waals surface area contributed by atoms with Crippen molar-refractivity contribution in [2.75, 3.05) is 0 Å². The second kappa shape index (κ2) is 4.69. The fourth-order valence-corrected chi connectivity index (χ4v) is 3.60. The smallest absolute Gasteiger partial charge is 0.126 e. The molecule has 1 unspecified atom stereocenters. The highest BCUT2D eigenvalue weighted by Crippen LogP contribution is 2.37. The maximum Gasteiger partial charge on any atom is 0.126 e. The Morgan fingerprint density at radius 3 is 2.56 bits per heavy atom. The minimum Gasteiger partial charge on any atom is -0.344 e. The van der Waals surface area contributed by atoms with E-state index >= 15 is 0 Å². The Morgan fingerprint density at radius 1 is 1.11 bits per heavy atom. The molecule has 2 aliphatic carbocycles. The Hall–Kier alpha value is -0.830. The van der Waals surface area contributed by atoms with Crippen molar-refractivity contribution in [2.45, 2.75) is 70.3 Å². The van der Waals surface area contributed by atoms with Crippen molar-refractivity contribution >= 4 is 0 Å². The van der Waals surface area contributed by atoms with Crippen LogP contribution in [0.1, 0.15) is 69.1 Å². The normalized spacial score (nSPS) is 24.6. The molecule has 3 rings (SSSR count). The monoisotopic (exact) mass is 247 g/mol. The molecule has 0 spiro atoms. The van der Waals surface area contributed by atoms with Crippen molar-refractivity contribution in [1.82, 2.24) is 9.97 Å². The number of fused-ring (bicyclic) bond motifs is 1. The molecule has 1 atom stereocenters. The van der Waals surface area contributed by atoms with Gasteiger partial charge in [-0.15, -0.1) is 0 Å². The SMILES string of the molecule is CC(N)(c1nc2c([nH]1)CCCC2)C1CCCCC1. The van der Waals surface area contributed by atoms with Gasteiger partial charge in [-0.05, 0) is 51.4 Å². The summed E-state index contributed by atoms with van der Waals surface area (Å²) in [5.74, 6) is 1.64. The van der Waals surface area contributed by atoms with Gasteiger partial charge in [0.05, 0.1) is 11.2 Å². The molecule has 1 heterocycles. The van der Waals surface area contributed by atoms with Crippen molar-refractivity contribution in [1.29, 1.82) is 0 Å². The minimum atomic E-state index is -0.266. The predicted octanol–water partition coefficient (Wildman–Crippen LogP) is 3.04. The van der Waals surface area contributed by atoms with E-state index in [-0.39, 0.29) is 5.54 Å². The van der Waals surface area contributed by atoms with E-state index in [2.05, 4.69) is 11.9 Å². The maximum absolute atomic E-state index is 6.63. The molecule has 3 nitrogen and oxygen atoms in total. The highest BCUT2D eigenvalue weighted by molar-refractivity contribution is 5.21. The summed E-state index contributed by atoms with van der Waals surface area (Å²) in [6, 6.07) is 0. The summed E-state index contributed by atoms with van der Waals surface area (Å²) >= 11 is 0. The van der Waals surface area contributed by atoms with Gasteiger partial charge >= 0.3 is 0 Å². The molecule has 1 aromatic rings. The summed E-state index contributed by atoms with van der Waals surface area (Å²) in [6.07, 6.45) is 11.4.